The van der Waals surface area contributed by atoms with Gasteiger partial charge in [0.05, 0.1) is 23.0 Å². The molecule has 0 bridgehead atoms. The first kappa shape index (κ1) is 20.8. The number of thioether (sulfide) groups is 2. The summed E-state index contributed by atoms with van der Waals surface area (Å²) < 4.78 is 5.24. The molecule has 1 saturated carbocycles. The summed E-state index contributed by atoms with van der Waals surface area (Å²) >= 11 is 2.64. The molecule has 0 spiro atoms. The van der Waals surface area contributed by atoms with E-state index in [4.69, 9.17) is 10.5 Å². The third-order valence-corrected chi connectivity index (χ3v) is 7.02. The topological polar surface area (TPSA) is 127 Å². The maximum atomic E-state index is 12.5. The van der Waals surface area contributed by atoms with Crippen molar-refractivity contribution < 1.29 is 14.3 Å². The molecule has 1 fully saturated rings. The average molecular weight is 425 g/mol. The van der Waals surface area contributed by atoms with Crippen molar-refractivity contribution in [2.24, 2.45) is 11.8 Å². The molecule has 152 valence electrons. The lowest BCUT2D eigenvalue weighted by atomic mass is 9.79. The number of carbonyl (C=O) groups is 2. The summed E-state index contributed by atoms with van der Waals surface area (Å²) in [5.74, 6) is 0.249. The standard InChI is InChI=1S/C18H24N4O4S2/c1-3-26-17(25)15-10-5-4-9(2)6-11(10)28-16(15)21-14(24)8-27-18-20-12(19)7-13(23)22-18/h7,9-11H,3-6,8H2,1-2H3,(H,21,24)(H3,19,20,22,23). The highest BCUT2D eigenvalue weighted by Crippen LogP contribution is 2.49. The second-order valence-electron chi connectivity index (χ2n) is 6.96. The minimum Gasteiger partial charge on any atom is -0.463 e. The summed E-state index contributed by atoms with van der Waals surface area (Å²) in [4.78, 5) is 42.9. The fraction of sp³-hybridized carbons (Fsp3) is 0.556. The lowest BCUT2D eigenvalue weighted by Crippen LogP contribution is -2.28. The number of aromatic nitrogens is 2. The number of fused-ring (bicyclic) bond motifs is 1. The van der Waals surface area contributed by atoms with Gasteiger partial charge in [-0.25, -0.2) is 9.78 Å². The third-order valence-electron chi connectivity index (χ3n) is 4.77. The van der Waals surface area contributed by atoms with Gasteiger partial charge >= 0.3 is 5.97 Å². The van der Waals surface area contributed by atoms with Crippen molar-refractivity contribution in [2.45, 2.75) is 43.5 Å². The van der Waals surface area contributed by atoms with Crippen LogP contribution in [0.5, 0.6) is 0 Å². The number of carbonyl (C=O) groups excluding carboxylic acids is 2. The predicted molar refractivity (Wildman–Crippen MR) is 110 cm³/mol. The minimum absolute atomic E-state index is 0.0400. The van der Waals surface area contributed by atoms with Crippen LogP contribution >= 0.6 is 23.5 Å². The molecule has 3 rings (SSSR count). The summed E-state index contributed by atoms with van der Waals surface area (Å²) in [5.41, 5.74) is 5.78. The number of anilines is 1. The van der Waals surface area contributed by atoms with Gasteiger partial charge in [0.15, 0.2) is 5.16 Å². The molecule has 1 amide bonds. The minimum atomic E-state index is -0.368. The Labute approximate surface area is 171 Å². The Bertz CT molecular complexity index is 854. The quantitative estimate of drug-likeness (QED) is 0.359. The van der Waals surface area contributed by atoms with Crippen LogP contribution in [0, 0.1) is 11.8 Å². The predicted octanol–water partition coefficient (Wildman–Crippen LogP) is 1.89. The number of hydrogen-bond donors (Lipinski definition) is 3. The van der Waals surface area contributed by atoms with Gasteiger partial charge in [-0.1, -0.05) is 25.1 Å². The number of aromatic amines is 1. The number of esters is 1. The zero-order valence-corrected chi connectivity index (χ0v) is 17.5. The molecule has 0 aromatic carbocycles. The van der Waals surface area contributed by atoms with E-state index in [9.17, 15) is 14.4 Å². The Kier molecular flexibility index (Phi) is 6.71. The van der Waals surface area contributed by atoms with Crippen molar-refractivity contribution in [3.63, 3.8) is 0 Å². The lowest BCUT2D eigenvalue weighted by Gasteiger charge is -2.29. The fourth-order valence-electron chi connectivity index (χ4n) is 3.54. The van der Waals surface area contributed by atoms with Crippen molar-refractivity contribution in [1.82, 2.24) is 15.3 Å². The second kappa shape index (κ2) is 9.04. The van der Waals surface area contributed by atoms with E-state index in [1.54, 1.807) is 18.7 Å². The van der Waals surface area contributed by atoms with Crippen LogP contribution in [0.15, 0.2) is 26.6 Å². The van der Waals surface area contributed by atoms with Gasteiger partial charge in [0.1, 0.15) is 5.82 Å². The molecule has 3 unspecified atom stereocenters. The van der Waals surface area contributed by atoms with Crippen LogP contribution in [-0.2, 0) is 14.3 Å². The number of nitrogens with zero attached hydrogens (tertiary/aromatic N) is 1. The van der Waals surface area contributed by atoms with Gasteiger partial charge in [0.2, 0.25) is 5.91 Å². The third kappa shape index (κ3) is 4.91. The van der Waals surface area contributed by atoms with E-state index in [-0.39, 0.29) is 45.3 Å². The summed E-state index contributed by atoms with van der Waals surface area (Å²) in [6, 6.07) is 1.18. The first-order chi connectivity index (χ1) is 13.4. The molecule has 2 aliphatic rings. The highest BCUT2D eigenvalue weighted by atomic mass is 32.2. The zero-order valence-electron chi connectivity index (χ0n) is 15.8. The largest absolute Gasteiger partial charge is 0.463 e. The van der Waals surface area contributed by atoms with Crippen molar-refractivity contribution in [3.05, 3.63) is 27.0 Å². The average Bonchev–Trinajstić information content (AvgIpc) is 2.96. The molecule has 0 radical (unpaired) electrons. The van der Waals surface area contributed by atoms with Crippen molar-refractivity contribution in [2.75, 3.05) is 18.1 Å². The smallest absolute Gasteiger partial charge is 0.336 e. The molecule has 3 atom stereocenters. The Balaban J connectivity index is 1.70. The van der Waals surface area contributed by atoms with Gasteiger partial charge < -0.3 is 20.8 Å². The molecular weight excluding hydrogens is 400 g/mol. The van der Waals surface area contributed by atoms with Gasteiger partial charge in [-0.2, -0.15) is 0 Å². The van der Waals surface area contributed by atoms with E-state index in [1.165, 1.54) is 6.07 Å². The number of nitrogen functional groups attached to an aromatic ring is 1. The van der Waals surface area contributed by atoms with Gasteiger partial charge in [0, 0.05) is 17.2 Å². The fourth-order valence-corrected chi connectivity index (χ4v) is 5.92. The van der Waals surface area contributed by atoms with Gasteiger partial charge in [-0.3, -0.25) is 9.59 Å². The summed E-state index contributed by atoms with van der Waals surface area (Å²) in [7, 11) is 0. The normalized spacial score (nSPS) is 24.0. The van der Waals surface area contributed by atoms with Crippen LogP contribution in [-0.4, -0.2) is 39.5 Å². The van der Waals surface area contributed by atoms with E-state index < -0.39 is 0 Å². The highest BCUT2D eigenvalue weighted by molar-refractivity contribution is 8.04. The molecule has 1 aliphatic heterocycles. The van der Waals surface area contributed by atoms with Crippen LogP contribution < -0.4 is 16.6 Å². The van der Waals surface area contributed by atoms with E-state index in [1.807, 2.05) is 0 Å². The van der Waals surface area contributed by atoms with E-state index in [0.29, 0.717) is 23.1 Å². The SMILES string of the molecule is CCOC(=O)C1=C(NC(=O)CSc2nc(N)cc(=O)[nH]2)SC2CC(C)CCC12. The van der Waals surface area contributed by atoms with Gasteiger partial charge in [-0.15, -0.1) is 11.8 Å². The number of hydrogen-bond acceptors (Lipinski definition) is 8. The summed E-state index contributed by atoms with van der Waals surface area (Å²) in [6.45, 7) is 4.29. The van der Waals surface area contributed by atoms with Crippen LogP contribution in [0.1, 0.15) is 33.1 Å². The van der Waals surface area contributed by atoms with Crippen LogP contribution in [0.4, 0.5) is 5.82 Å². The second-order valence-corrected chi connectivity index (χ2v) is 9.17. The highest BCUT2D eigenvalue weighted by Gasteiger charge is 2.43. The number of ether oxygens (including phenoxy) is 1. The Morgan fingerprint density at radius 3 is 2.96 bits per heavy atom. The van der Waals surface area contributed by atoms with Gasteiger partial charge in [-0.05, 0) is 25.7 Å². The Hall–Kier alpha value is -1.94. The number of nitrogens with two attached hydrogens (primary N) is 1. The van der Waals surface area contributed by atoms with Crippen LogP contribution in [0.25, 0.3) is 0 Å². The summed E-state index contributed by atoms with van der Waals surface area (Å²) in [6.07, 6.45) is 3.01. The lowest BCUT2D eigenvalue weighted by molar-refractivity contribution is -0.139. The van der Waals surface area contributed by atoms with E-state index in [0.717, 1.165) is 31.0 Å². The monoisotopic (exact) mass is 424 g/mol. The maximum Gasteiger partial charge on any atom is 0.336 e. The molecule has 28 heavy (non-hydrogen) atoms. The van der Waals surface area contributed by atoms with Crippen LogP contribution in [0.3, 0.4) is 0 Å². The molecular formula is C18H24N4O4S2. The molecule has 10 heteroatoms. The molecule has 1 aromatic rings. The number of rotatable bonds is 6. The molecule has 1 aliphatic carbocycles. The van der Waals surface area contributed by atoms with E-state index >= 15 is 0 Å². The first-order valence-electron chi connectivity index (χ1n) is 9.24. The number of amides is 1. The molecule has 4 N–H and O–H groups in total. The number of nitrogens with one attached hydrogen (secondary N) is 2. The zero-order chi connectivity index (χ0) is 20.3. The molecule has 2 heterocycles. The Morgan fingerprint density at radius 1 is 1.46 bits per heavy atom. The van der Waals surface area contributed by atoms with Crippen molar-refractivity contribution in [1.29, 1.82) is 0 Å². The molecule has 1 aromatic heterocycles. The Morgan fingerprint density at radius 2 is 2.25 bits per heavy atom. The van der Waals surface area contributed by atoms with Gasteiger partial charge in [0.25, 0.3) is 5.56 Å². The van der Waals surface area contributed by atoms with Crippen molar-refractivity contribution >= 4 is 41.2 Å². The summed E-state index contributed by atoms with van der Waals surface area (Å²) in [5, 5.41) is 4.04. The maximum absolute atomic E-state index is 12.5. The van der Waals surface area contributed by atoms with E-state index in [2.05, 4.69) is 22.2 Å². The molecule has 0 saturated heterocycles. The first-order valence-corrected chi connectivity index (χ1v) is 11.1. The molecule has 8 nitrogen and oxygen atoms in total. The van der Waals surface area contributed by atoms with Crippen molar-refractivity contribution in [3.8, 4) is 0 Å². The number of H-pyrrole nitrogens is 1. The van der Waals surface area contributed by atoms with Crippen LogP contribution in [0.2, 0.25) is 0 Å².